The highest BCUT2D eigenvalue weighted by Gasteiger charge is 2.25. The van der Waals surface area contributed by atoms with E-state index >= 15 is 0 Å². The highest BCUT2D eigenvalue weighted by atomic mass is 32.1. The van der Waals surface area contributed by atoms with E-state index in [1.54, 1.807) is 4.90 Å². The number of alkyl halides is 1. The minimum atomic E-state index is -0.530. The largest absolute Gasteiger partial charge is 0.336 e. The maximum absolute atomic E-state index is 13.2. The van der Waals surface area contributed by atoms with Crippen LogP contribution in [-0.4, -0.2) is 39.8 Å². The molecule has 0 spiro atoms. The van der Waals surface area contributed by atoms with Crippen molar-refractivity contribution in [3.63, 3.8) is 0 Å². The Labute approximate surface area is 166 Å². The third-order valence-electron chi connectivity index (χ3n) is 4.82. The number of halogens is 1. The molecule has 3 rings (SSSR count). The Hall–Kier alpha value is -2.16. The van der Waals surface area contributed by atoms with E-state index < -0.39 is 12.4 Å². The molecule has 2 aromatic rings. The summed E-state index contributed by atoms with van der Waals surface area (Å²) in [6.45, 7) is 9.33. The number of carbonyl (C=O) groups excluding carboxylic acids is 1. The first-order valence-corrected chi connectivity index (χ1v) is 10.3. The summed E-state index contributed by atoms with van der Waals surface area (Å²) in [7, 11) is 0. The molecule has 1 aliphatic rings. The van der Waals surface area contributed by atoms with Crippen LogP contribution in [0.15, 0.2) is 9.59 Å². The summed E-state index contributed by atoms with van der Waals surface area (Å²) >= 11 is 1.35. The van der Waals surface area contributed by atoms with Crippen LogP contribution < -0.4 is 16.6 Å². The lowest BCUT2D eigenvalue weighted by Gasteiger charge is -2.20. The van der Waals surface area contributed by atoms with Crippen LogP contribution in [0.25, 0.3) is 10.2 Å². The molecule has 0 atom stereocenters. The zero-order valence-corrected chi connectivity index (χ0v) is 17.6. The van der Waals surface area contributed by atoms with Gasteiger partial charge in [0.1, 0.15) is 4.83 Å². The third kappa shape index (κ3) is 3.85. The zero-order chi connectivity index (χ0) is 20.6. The molecule has 0 bridgehead atoms. The molecule has 0 saturated carbocycles. The van der Waals surface area contributed by atoms with Gasteiger partial charge in [-0.05, 0) is 24.3 Å². The molecule has 2 aromatic heterocycles. The summed E-state index contributed by atoms with van der Waals surface area (Å²) < 4.78 is 15.6. The Morgan fingerprint density at radius 1 is 1.18 bits per heavy atom. The van der Waals surface area contributed by atoms with Gasteiger partial charge in [-0.2, -0.15) is 0 Å². The van der Waals surface area contributed by atoms with E-state index in [0.29, 0.717) is 29.9 Å². The van der Waals surface area contributed by atoms with Crippen molar-refractivity contribution in [1.82, 2.24) is 19.4 Å². The van der Waals surface area contributed by atoms with Gasteiger partial charge in [0.25, 0.3) is 5.56 Å². The Morgan fingerprint density at radius 2 is 1.89 bits per heavy atom. The van der Waals surface area contributed by atoms with Crippen molar-refractivity contribution in [2.24, 2.45) is 5.41 Å². The number of nitrogens with zero attached hydrogens (tertiary/aromatic N) is 3. The number of thiophene rings is 1. The molecule has 7 nitrogen and oxygen atoms in total. The molecule has 0 radical (unpaired) electrons. The minimum absolute atomic E-state index is 0.128. The highest BCUT2D eigenvalue weighted by molar-refractivity contribution is 7.18. The normalized spacial score (nSPS) is 14.9. The van der Waals surface area contributed by atoms with Crippen LogP contribution in [0.1, 0.15) is 37.6 Å². The first-order chi connectivity index (χ1) is 13.1. The van der Waals surface area contributed by atoms with E-state index in [1.165, 1.54) is 20.5 Å². The minimum Gasteiger partial charge on any atom is -0.336 e. The molecule has 1 fully saturated rings. The molecule has 2 amide bonds. The van der Waals surface area contributed by atoms with Crippen LogP contribution in [-0.2, 0) is 19.6 Å². The molecule has 0 aromatic carbocycles. The Bertz CT molecular complexity index is 1020. The fraction of sp³-hybridized carbons (Fsp3) is 0.632. The second kappa shape index (κ2) is 7.69. The highest BCUT2D eigenvalue weighted by Crippen LogP contribution is 2.30. The predicted molar refractivity (Wildman–Crippen MR) is 109 cm³/mol. The maximum atomic E-state index is 13.2. The van der Waals surface area contributed by atoms with Crippen LogP contribution >= 0.6 is 11.3 Å². The Morgan fingerprint density at radius 3 is 2.46 bits per heavy atom. The number of carbonyl (C=O) groups is 1. The Kier molecular flexibility index (Phi) is 5.65. The smallest absolute Gasteiger partial charge is 0.332 e. The van der Waals surface area contributed by atoms with E-state index in [2.05, 4.69) is 5.32 Å². The van der Waals surface area contributed by atoms with Gasteiger partial charge in [-0.3, -0.25) is 18.3 Å². The molecule has 1 N–H and O–H groups in total. The van der Waals surface area contributed by atoms with E-state index in [-0.39, 0.29) is 36.5 Å². The SMILES string of the molecule is Cc1c(CN2CCNC2=O)sc2c1c(=O)n(CC(C)(C)C)c(=O)n2CCCF. The summed E-state index contributed by atoms with van der Waals surface area (Å²) in [6, 6.07) is -0.128. The molecule has 0 aliphatic carbocycles. The number of aromatic nitrogens is 2. The summed E-state index contributed by atoms with van der Waals surface area (Å²) in [5.74, 6) is 0. The van der Waals surface area contributed by atoms with Crippen molar-refractivity contribution in [2.45, 2.75) is 53.8 Å². The van der Waals surface area contributed by atoms with Gasteiger partial charge in [-0.15, -0.1) is 11.3 Å². The van der Waals surface area contributed by atoms with Crippen LogP contribution in [0.2, 0.25) is 0 Å². The summed E-state index contributed by atoms with van der Waals surface area (Å²) in [5.41, 5.74) is -0.166. The van der Waals surface area contributed by atoms with Crippen molar-refractivity contribution in [3.8, 4) is 0 Å². The third-order valence-corrected chi connectivity index (χ3v) is 6.12. The first kappa shape index (κ1) is 20.6. The summed E-state index contributed by atoms with van der Waals surface area (Å²) in [5, 5.41) is 3.27. The standard InChI is InChI=1S/C19H27FN4O3S/c1-12-13(10-22-9-7-21-17(22)26)28-16-14(12)15(25)24(11-19(2,3)4)18(27)23(16)8-5-6-20/h5-11H2,1-4H3,(H,21,26). The summed E-state index contributed by atoms with van der Waals surface area (Å²) in [4.78, 5) is 41.3. The van der Waals surface area contributed by atoms with Gasteiger partial charge in [0.15, 0.2) is 0 Å². The maximum Gasteiger partial charge on any atom is 0.332 e. The number of nitrogens with one attached hydrogen (secondary N) is 1. The van der Waals surface area contributed by atoms with Gasteiger partial charge >= 0.3 is 11.7 Å². The van der Waals surface area contributed by atoms with Crippen molar-refractivity contribution >= 4 is 27.6 Å². The fourth-order valence-corrected chi connectivity index (χ4v) is 4.79. The van der Waals surface area contributed by atoms with E-state index in [1.807, 2.05) is 27.7 Å². The molecule has 0 unspecified atom stereocenters. The molecular weight excluding hydrogens is 383 g/mol. The number of hydrogen-bond acceptors (Lipinski definition) is 4. The fourth-order valence-electron chi connectivity index (χ4n) is 3.46. The molecule has 28 heavy (non-hydrogen) atoms. The number of amides is 2. The number of rotatable bonds is 6. The van der Waals surface area contributed by atoms with Crippen LogP contribution in [0.5, 0.6) is 0 Å². The van der Waals surface area contributed by atoms with Crippen molar-refractivity contribution < 1.29 is 9.18 Å². The van der Waals surface area contributed by atoms with E-state index in [4.69, 9.17) is 0 Å². The van der Waals surface area contributed by atoms with Gasteiger partial charge < -0.3 is 10.2 Å². The zero-order valence-electron chi connectivity index (χ0n) is 16.8. The van der Waals surface area contributed by atoms with Crippen molar-refractivity contribution in [1.29, 1.82) is 0 Å². The Balaban J connectivity index is 2.19. The molecule has 1 aliphatic heterocycles. The topological polar surface area (TPSA) is 76.3 Å². The van der Waals surface area contributed by atoms with Crippen molar-refractivity contribution in [2.75, 3.05) is 19.8 Å². The van der Waals surface area contributed by atoms with Crippen LogP contribution in [0.4, 0.5) is 9.18 Å². The molecule has 9 heteroatoms. The lowest BCUT2D eigenvalue weighted by molar-refractivity contribution is 0.216. The number of urea groups is 1. The quantitative estimate of drug-likeness (QED) is 0.795. The monoisotopic (exact) mass is 410 g/mol. The van der Waals surface area contributed by atoms with Gasteiger partial charge in [0.2, 0.25) is 0 Å². The lowest BCUT2D eigenvalue weighted by atomic mass is 9.97. The van der Waals surface area contributed by atoms with Crippen LogP contribution in [0.3, 0.4) is 0 Å². The van der Waals surface area contributed by atoms with Gasteiger partial charge in [-0.25, -0.2) is 9.59 Å². The van der Waals surface area contributed by atoms with Crippen molar-refractivity contribution in [3.05, 3.63) is 31.3 Å². The number of aryl methyl sites for hydroxylation is 2. The average molecular weight is 411 g/mol. The van der Waals surface area contributed by atoms with Gasteiger partial charge in [0.05, 0.1) is 18.6 Å². The lowest BCUT2D eigenvalue weighted by Crippen LogP contribution is -2.42. The van der Waals surface area contributed by atoms with Crippen LogP contribution in [0, 0.1) is 12.3 Å². The number of hydrogen-bond donors (Lipinski definition) is 1. The first-order valence-electron chi connectivity index (χ1n) is 9.48. The van der Waals surface area contributed by atoms with Gasteiger partial charge in [0, 0.05) is 31.1 Å². The predicted octanol–water partition coefficient (Wildman–Crippen LogP) is 2.46. The molecular formula is C19H27FN4O3S. The second-order valence-electron chi connectivity index (χ2n) is 8.41. The molecule has 3 heterocycles. The van der Waals surface area contributed by atoms with E-state index in [0.717, 1.165) is 10.4 Å². The van der Waals surface area contributed by atoms with Gasteiger partial charge in [-0.1, -0.05) is 20.8 Å². The number of fused-ring (bicyclic) bond motifs is 1. The van der Waals surface area contributed by atoms with E-state index in [9.17, 15) is 18.8 Å². The molecule has 154 valence electrons. The average Bonchev–Trinajstić information content (AvgIpc) is 3.15. The molecule has 1 saturated heterocycles. The summed E-state index contributed by atoms with van der Waals surface area (Å²) in [6.07, 6.45) is 0.212. The second-order valence-corrected chi connectivity index (χ2v) is 9.50.